The fraction of sp³-hybridized carbons (Fsp3) is 0.455. The Bertz CT molecular complexity index is 614. The number of non-ortho nitro benzene ring substituents is 1. The number of sulfonamides is 1. The normalized spacial score (nSPS) is 18.9. The lowest BCUT2D eigenvalue weighted by atomic mass is 10.3. The molecule has 20 heavy (non-hydrogen) atoms. The Morgan fingerprint density at radius 1 is 1.50 bits per heavy atom. The van der Waals surface area contributed by atoms with Crippen LogP contribution in [0.2, 0.25) is 5.02 Å². The maximum atomic E-state index is 12.0. The van der Waals surface area contributed by atoms with Gasteiger partial charge in [-0.2, -0.15) is 0 Å². The Hall–Kier alpha value is -1.38. The lowest BCUT2D eigenvalue weighted by Crippen LogP contribution is -2.32. The summed E-state index contributed by atoms with van der Waals surface area (Å²) in [5.74, 6) is -0.0774. The van der Waals surface area contributed by atoms with E-state index in [1.54, 1.807) is 0 Å². The van der Waals surface area contributed by atoms with Crippen molar-refractivity contribution >= 4 is 33.0 Å². The standard InChI is InChI=1S/C11H14ClN3O4S/c12-10-4-3-9(15(16)17)6-11(10)14-20(18,19)7-8-2-1-5-13-8/h3-4,6,8,13-14H,1-2,5,7H2. The first-order valence-corrected chi connectivity index (χ1v) is 8.08. The summed E-state index contributed by atoms with van der Waals surface area (Å²) < 4.78 is 26.3. The third-order valence-corrected chi connectivity index (χ3v) is 4.71. The smallest absolute Gasteiger partial charge is 0.271 e. The van der Waals surface area contributed by atoms with Gasteiger partial charge in [0.05, 0.1) is 21.4 Å². The lowest BCUT2D eigenvalue weighted by Gasteiger charge is -2.13. The number of anilines is 1. The summed E-state index contributed by atoms with van der Waals surface area (Å²) in [6, 6.07) is 3.54. The van der Waals surface area contributed by atoms with Gasteiger partial charge in [-0.3, -0.25) is 14.8 Å². The van der Waals surface area contributed by atoms with Gasteiger partial charge in [0.15, 0.2) is 0 Å². The number of rotatable bonds is 5. The first-order valence-electron chi connectivity index (χ1n) is 6.05. The van der Waals surface area contributed by atoms with Crippen LogP contribution in [0.25, 0.3) is 0 Å². The molecule has 0 aromatic heterocycles. The minimum atomic E-state index is -3.60. The van der Waals surface area contributed by atoms with Gasteiger partial charge in [-0.1, -0.05) is 11.6 Å². The molecule has 1 heterocycles. The van der Waals surface area contributed by atoms with Crippen molar-refractivity contribution in [3.8, 4) is 0 Å². The average Bonchev–Trinajstić information content (AvgIpc) is 2.83. The number of hydrogen-bond acceptors (Lipinski definition) is 5. The summed E-state index contributed by atoms with van der Waals surface area (Å²) in [7, 11) is -3.60. The van der Waals surface area contributed by atoms with Crippen LogP contribution in [0.1, 0.15) is 12.8 Å². The molecule has 1 unspecified atom stereocenters. The summed E-state index contributed by atoms with van der Waals surface area (Å²) in [6.45, 7) is 0.803. The van der Waals surface area contributed by atoms with Gasteiger partial charge in [-0.25, -0.2) is 8.42 Å². The van der Waals surface area contributed by atoms with Crippen LogP contribution in [0.5, 0.6) is 0 Å². The molecule has 0 spiro atoms. The zero-order valence-electron chi connectivity index (χ0n) is 10.5. The lowest BCUT2D eigenvalue weighted by molar-refractivity contribution is -0.384. The number of nitro benzene ring substituents is 1. The highest BCUT2D eigenvalue weighted by Crippen LogP contribution is 2.27. The quantitative estimate of drug-likeness (QED) is 0.636. The fourth-order valence-electron chi connectivity index (χ4n) is 2.08. The van der Waals surface area contributed by atoms with E-state index in [-0.39, 0.29) is 28.2 Å². The van der Waals surface area contributed by atoms with Gasteiger partial charge < -0.3 is 5.32 Å². The molecule has 9 heteroatoms. The molecular weight excluding hydrogens is 306 g/mol. The molecule has 0 radical (unpaired) electrons. The van der Waals surface area contributed by atoms with Gasteiger partial charge in [-0.15, -0.1) is 0 Å². The van der Waals surface area contributed by atoms with E-state index in [9.17, 15) is 18.5 Å². The Labute approximate surface area is 121 Å². The van der Waals surface area contributed by atoms with Crippen LogP contribution in [-0.2, 0) is 10.0 Å². The highest BCUT2D eigenvalue weighted by Gasteiger charge is 2.23. The van der Waals surface area contributed by atoms with E-state index < -0.39 is 14.9 Å². The Morgan fingerprint density at radius 3 is 2.85 bits per heavy atom. The third-order valence-electron chi connectivity index (χ3n) is 3.01. The molecule has 1 aromatic carbocycles. The van der Waals surface area contributed by atoms with E-state index >= 15 is 0 Å². The minimum Gasteiger partial charge on any atom is -0.313 e. The summed E-state index contributed by atoms with van der Waals surface area (Å²) in [6.07, 6.45) is 1.74. The first kappa shape index (κ1) is 15.0. The molecule has 2 rings (SSSR count). The molecule has 110 valence electrons. The van der Waals surface area contributed by atoms with E-state index in [4.69, 9.17) is 11.6 Å². The summed E-state index contributed by atoms with van der Waals surface area (Å²) in [5, 5.41) is 13.9. The van der Waals surface area contributed by atoms with Crippen LogP contribution >= 0.6 is 11.6 Å². The molecule has 1 fully saturated rings. The molecule has 0 aliphatic carbocycles. The molecule has 1 aliphatic heterocycles. The maximum Gasteiger partial charge on any atom is 0.271 e. The van der Waals surface area contributed by atoms with E-state index in [0.717, 1.165) is 25.5 Å². The Kier molecular flexibility index (Phi) is 4.46. The monoisotopic (exact) mass is 319 g/mol. The molecule has 1 saturated heterocycles. The fourth-order valence-corrected chi connectivity index (χ4v) is 3.70. The van der Waals surface area contributed by atoms with Crippen molar-refractivity contribution in [1.29, 1.82) is 0 Å². The summed E-state index contributed by atoms with van der Waals surface area (Å²) >= 11 is 5.86. The highest BCUT2D eigenvalue weighted by atomic mass is 35.5. The summed E-state index contributed by atoms with van der Waals surface area (Å²) in [4.78, 5) is 10.1. The van der Waals surface area contributed by atoms with E-state index in [1.165, 1.54) is 12.1 Å². The Balaban J connectivity index is 2.15. The number of nitrogens with one attached hydrogen (secondary N) is 2. The molecule has 1 atom stereocenters. The second-order valence-corrected chi connectivity index (χ2v) is 6.77. The van der Waals surface area contributed by atoms with Gasteiger partial charge in [0.2, 0.25) is 10.0 Å². The van der Waals surface area contributed by atoms with E-state index in [1.807, 2.05) is 0 Å². The van der Waals surface area contributed by atoms with Gasteiger partial charge in [0, 0.05) is 18.2 Å². The topological polar surface area (TPSA) is 101 Å². The predicted octanol–water partition coefficient (Wildman–Crippen LogP) is 1.74. The SMILES string of the molecule is O=[N+]([O-])c1ccc(Cl)c(NS(=O)(=O)CC2CCCN2)c1. The largest absolute Gasteiger partial charge is 0.313 e. The van der Waals surface area contributed by atoms with Gasteiger partial charge >= 0.3 is 0 Å². The van der Waals surface area contributed by atoms with Crippen molar-refractivity contribution < 1.29 is 13.3 Å². The average molecular weight is 320 g/mol. The van der Waals surface area contributed by atoms with Crippen LogP contribution in [0.4, 0.5) is 11.4 Å². The van der Waals surface area contributed by atoms with Crippen LogP contribution in [0.3, 0.4) is 0 Å². The molecule has 7 nitrogen and oxygen atoms in total. The van der Waals surface area contributed by atoms with Crippen molar-refractivity contribution in [3.63, 3.8) is 0 Å². The summed E-state index contributed by atoms with van der Waals surface area (Å²) in [5.41, 5.74) is -0.190. The van der Waals surface area contributed by atoms with Crippen molar-refractivity contribution in [2.45, 2.75) is 18.9 Å². The third kappa shape index (κ3) is 3.81. The van der Waals surface area contributed by atoms with E-state index in [2.05, 4.69) is 10.0 Å². The number of benzene rings is 1. The van der Waals surface area contributed by atoms with Crippen LogP contribution in [0.15, 0.2) is 18.2 Å². The van der Waals surface area contributed by atoms with Gasteiger partial charge in [0.25, 0.3) is 5.69 Å². The van der Waals surface area contributed by atoms with Gasteiger partial charge in [0.1, 0.15) is 0 Å². The molecule has 0 bridgehead atoms. The van der Waals surface area contributed by atoms with Crippen molar-refractivity contribution in [2.24, 2.45) is 0 Å². The number of halogens is 1. The number of nitrogens with zero attached hydrogens (tertiary/aromatic N) is 1. The zero-order valence-corrected chi connectivity index (χ0v) is 12.1. The molecular formula is C11H14ClN3O4S. The Morgan fingerprint density at radius 2 is 2.25 bits per heavy atom. The van der Waals surface area contributed by atoms with Crippen LogP contribution in [0, 0.1) is 10.1 Å². The zero-order chi connectivity index (χ0) is 14.8. The van der Waals surface area contributed by atoms with Crippen LogP contribution < -0.4 is 10.0 Å². The second kappa shape index (κ2) is 5.94. The van der Waals surface area contributed by atoms with E-state index in [0.29, 0.717) is 0 Å². The number of nitro groups is 1. The molecule has 1 aliphatic rings. The highest BCUT2D eigenvalue weighted by molar-refractivity contribution is 7.92. The van der Waals surface area contributed by atoms with Gasteiger partial charge in [-0.05, 0) is 25.5 Å². The first-order chi connectivity index (χ1) is 9.37. The van der Waals surface area contributed by atoms with Crippen molar-refractivity contribution in [3.05, 3.63) is 33.3 Å². The van der Waals surface area contributed by atoms with Crippen LogP contribution in [-0.4, -0.2) is 31.7 Å². The maximum absolute atomic E-state index is 12.0. The molecule has 1 aromatic rings. The van der Waals surface area contributed by atoms with Crippen molar-refractivity contribution in [2.75, 3.05) is 17.0 Å². The number of hydrogen-bond donors (Lipinski definition) is 2. The molecule has 0 saturated carbocycles. The van der Waals surface area contributed by atoms with Crippen molar-refractivity contribution in [1.82, 2.24) is 5.32 Å². The molecule has 2 N–H and O–H groups in total. The second-order valence-electron chi connectivity index (χ2n) is 4.60. The predicted molar refractivity (Wildman–Crippen MR) is 76.5 cm³/mol. The minimum absolute atomic E-state index is 0.0267. The molecule has 0 amide bonds.